The van der Waals surface area contributed by atoms with Crippen molar-refractivity contribution in [3.8, 4) is 6.07 Å². The predicted octanol–water partition coefficient (Wildman–Crippen LogP) is 2.12. The highest BCUT2D eigenvalue weighted by Crippen LogP contribution is 2.26. The Morgan fingerprint density at radius 1 is 1.86 bits per heavy atom. The lowest BCUT2D eigenvalue weighted by Gasteiger charge is -2.18. The molecule has 0 aliphatic heterocycles. The molecule has 0 saturated heterocycles. The van der Waals surface area contributed by atoms with E-state index in [0.717, 1.165) is 5.57 Å². The molecule has 0 radical (unpaired) electrons. The Kier molecular flexibility index (Phi) is 3.47. The maximum absolute atomic E-state index is 10.7. The van der Waals surface area contributed by atoms with Crippen LogP contribution in [0.3, 0.4) is 0 Å². The fourth-order valence-corrected chi connectivity index (χ4v) is 1.51. The molecule has 0 spiro atoms. The van der Waals surface area contributed by atoms with Gasteiger partial charge in [-0.1, -0.05) is 30.7 Å². The molecule has 2 unspecified atom stereocenters. The van der Waals surface area contributed by atoms with E-state index in [0.29, 0.717) is 12.8 Å². The summed E-state index contributed by atoms with van der Waals surface area (Å²) < 4.78 is 0. The van der Waals surface area contributed by atoms with E-state index in [4.69, 9.17) is 10.4 Å². The summed E-state index contributed by atoms with van der Waals surface area (Å²) >= 11 is 0. The molecule has 1 rings (SSSR count). The van der Waals surface area contributed by atoms with Crippen molar-refractivity contribution in [2.24, 2.45) is 11.8 Å². The molecule has 0 fully saturated rings. The van der Waals surface area contributed by atoms with Crippen molar-refractivity contribution in [3.63, 3.8) is 0 Å². The van der Waals surface area contributed by atoms with Crippen LogP contribution in [-0.4, -0.2) is 11.1 Å². The van der Waals surface area contributed by atoms with Gasteiger partial charge < -0.3 is 5.11 Å². The maximum Gasteiger partial charge on any atom is 0.310 e. The first-order chi connectivity index (χ1) is 6.65. The highest BCUT2D eigenvalue weighted by molar-refractivity contribution is 5.73. The number of rotatable bonds is 3. The molecule has 0 aromatic carbocycles. The molecule has 0 amide bonds. The lowest BCUT2D eigenvalue weighted by atomic mass is 9.86. The minimum Gasteiger partial charge on any atom is -0.481 e. The highest BCUT2D eigenvalue weighted by atomic mass is 16.4. The van der Waals surface area contributed by atoms with Crippen LogP contribution in [0.15, 0.2) is 23.8 Å². The zero-order chi connectivity index (χ0) is 10.6. The number of allylic oxidation sites excluding steroid dienone is 3. The lowest BCUT2D eigenvalue weighted by molar-refractivity contribution is -0.140. The number of carboxylic acids is 1. The maximum atomic E-state index is 10.7. The summed E-state index contributed by atoms with van der Waals surface area (Å²) in [6.07, 6.45) is 6.36. The van der Waals surface area contributed by atoms with Crippen LogP contribution in [0.25, 0.3) is 0 Å². The molecule has 0 aromatic heterocycles. The molecular weight excluding hydrogens is 178 g/mol. The van der Waals surface area contributed by atoms with Gasteiger partial charge in [-0.05, 0) is 12.3 Å². The van der Waals surface area contributed by atoms with Crippen LogP contribution in [0.2, 0.25) is 0 Å². The summed E-state index contributed by atoms with van der Waals surface area (Å²) in [7, 11) is 0. The number of carboxylic acid groups (broad SMARTS) is 1. The standard InChI is InChI=1S/C11H13NO2/c1-8(5-6-12)9-3-2-4-10(7-9)11(13)14/h2-4,8,10H,5,7H2,1H3,(H,13,14). The average Bonchev–Trinajstić information content (AvgIpc) is 2.18. The third-order valence-corrected chi connectivity index (χ3v) is 2.46. The Balaban J connectivity index is 2.66. The quantitative estimate of drug-likeness (QED) is 0.743. The van der Waals surface area contributed by atoms with Crippen LogP contribution < -0.4 is 0 Å². The minimum atomic E-state index is -0.795. The topological polar surface area (TPSA) is 61.1 Å². The minimum absolute atomic E-state index is 0.159. The molecule has 0 aromatic rings. The van der Waals surface area contributed by atoms with Crippen molar-refractivity contribution in [2.45, 2.75) is 19.8 Å². The monoisotopic (exact) mass is 191 g/mol. The van der Waals surface area contributed by atoms with Crippen LogP contribution in [-0.2, 0) is 4.79 Å². The largest absolute Gasteiger partial charge is 0.481 e. The van der Waals surface area contributed by atoms with Gasteiger partial charge in [0.05, 0.1) is 12.0 Å². The number of hydrogen-bond donors (Lipinski definition) is 1. The Morgan fingerprint density at radius 3 is 3.14 bits per heavy atom. The number of nitriles is 1. The average molecular weight is 191 g/mol. The fraction of sp³-hybridized carbons (Fsp3) is 0.455. The second-order valence-corrected chi connectivity index (χ2v) is 3.54. The molecule has 0 heterocycles. The van der Waals surface area contributed by atoms with Crippen LogP contribution in [0.4, 0.5) is 0 Å². The molecular formula is C11H13NO2. The molecule has 1 aliphatic carbocycles. The van der Waals surface area contributed by atoms with E-state index in [1.54, 1.807) is 12.2 Å². The third kappa shape index (κ3) is 2.46. The number of carbonyl (C=O) groups is 1. The summed E-state index contributed by atoms with van der Waals surface area (Å²) in [6.45, 7) is 1.95. The fourth-order valence-electron chi connectivity index (χ4n) is 1.51. The normalized spacial score (nSPS) is 22.3. The van der Waals surface area contributed by atoms with Crippen molar-refractivity contribution < 1.29 is 9.90 Å². The summed E-state index contributed by atoms with van der Waals surface area (Å²) in [5.74, 6) is -1.06. The van der Waals surface area contributed by atoms with Gasteiger partial charge in [0.2, 0.25) is 0 Å². The lowest BCUT2D eigenvalue weighted by Crippen LogP contribution is -2.16. The number of aliphatic carboxylic acids is 1. The van der Waals surface area contributed by atoms with E-state index in [-0.39, 0.29) is 5.92 Å². The van der Waals surface area contributed by atoms with Crippen molar-refractivity contribution in [2.75, 3.05) is 0 Å². The van der Waals surface area contributed by atoms with Crippen molar-refractivity contribution in [3.05, 3.63) is 23.8 Å². The SMILES string of the molecule is CC(CC#N)C1=CC=CC(C(=O)O)C1. The highest BCUT2D eigenvalue weighted by Gasteiger charge is 2.20. The van der Waals surface area contributed by atoms with E-state index in [1.807, 2.05) is 13.0 Å². The van der Waals surface area contributed by atoms with Gasteiger partial charge in [0, 0.05) is 6.42 Å². The van der Waals surface area contributed by atoms with Gasteiger partial charge in [-0.25, -0.2) is 0 Å². The number of nitrogens with zero attached hydrogens (tertiary/aromatic N) is 1. The Morgan fingerprint density at radius 2 is 2.57 bits per heavy atom. The molecule has 3 heteroatoms. The van der Waals surface area contributed by atoms with E-state index < -0.39 is 11.9 Å². The van der Waals surface area contributed by atoms with Crippen LogP contribution in [0.5, 0.6) is 0 Å². The molecule has 1 aliphatic rings. The molecule has 1 N–H and O–H groups in total. The first-order valence-electron chi connectivity index (χ1n) is 4.62. The summed E-state index contributed by atoms with van der Waals surface area (Å²) in [4.78, 5) is 10.7. The molecule has 2 atom stereocenters. The Hall–Kier alpha value is -1.56. The third-order valence-electron chi connectivity index (χ3n) is 2.46. The van der Waals surface area contributed by atoms with Crippen LogP contribution >= 0.6 is 0 Å². The van der Waals surface area contributed by atoms with E-state index in [1.165, 1.54) is 0 Å². The Bertz CT molecular complexity index is 323. The van der Waals surface area contributed by atoms with Crippen molar-refractivity contribution >= 4 is 5.97 Å². The molecule has 74 valence electrons. The Labute approximate surface area is 83.4 Å². The zero-order valence-corrected chi connectivity index (χ0v) is 8.10. The molecule has 0 saturated carbocycles. The van der Waals surface area contributed by atoms with Gasteiger partial charge in [-0.15, -0.1) is 0 Å². The summed E-state index contributed by atoms with van der Waals surface area (Å²) in [5.41, 5.74) is 1.06. The molecule has 3 nitrogen and oxygen atoms in total. The first kappa shape index (κ1) is 10.5. The predicted molar refractivity (Wildman–Crippen MR) is 52.4 cm³/mol. The van der Waals surface area contributed by atoms with Crippen molar-refractivity contribution in [1.29, 1.82) is 5.26 Å². The molecule has 0 bridgehead atoms. The van der Waals surface area contributed by atoms with E-state index in [9.17, 15) is 4.79 Å². The van der Waals surface area contributed by atoms with E-state index >= 15 is 0 Å². The van der Waals surface area contributed by atoms with E-state index in [2.05, 4.69) is 6.07 Å². The second kappa shape index (κ2) is 4.61. The smallest absolute Gasteiger partial charge is 0.310 e. The second-order valence-electron chi connectivity index (χ2n) is 3.54. The van der Waals surface area contributed by atoms with Crippen LogP contribution in [0.1, 0.15) is 19.8 Å². The van der Waals surface area contributed by atoms with Gasteiger partial charge in [0.1, 0.15) is 0 Å². The number of hydrogen-bond acceptors (Lipinski definition) is 2. The van der Waals surface area contributed by atoms with Gasteiger partial charge in [-0.3, -0.25) is 4.79 Å². The van der Waals surface area contributed by atoms with Gasteiger partial charge in [-0.2, -0.15) is 5.26 Å². The summed E-state index contributed by atoms with van der Waals surface area (Å²) in [5, 5.41) is 17.4. The van der Waals surface area contributed by atoms with Crippen molar-refractivity contribution in [1.82, 2.24) is 0 Å². The first-order valence-corrected chi connectivity index (χ1v) is 4.62. The van der Waals surface area contributed by atoms with Gasteiger partial charge in [0.25, 0.3) is 0 Å². The van der Waals surface area contributed by atoms with Crippen LogP contribution in [0, 0.1) is 23.2 Å². The van der Waals surface area contributed by atoms with Gasteiger partial charge in [0.15, 0.2) is 0 Å². The summed E-state index contributed by atoms with van der Waals surface area (Å²) in [6, 6.07) is 2.10. The van der Waals surface area contributed by atoms with Gasteiger partial charge >= 0.3 is 5.97 Å². The zero-order valence-electron chi connectivity index (χ0n) is 8.10. The molecule has 14 heavy (non-hydrogen) atoms.